The van der Waals surface area contributed by atoms with Crippen molar-refractivity contribution in [3.8, 4) is 0 Å². The van der Waals surface area contributed by atoms with Gasteiger partial charge < -0.3 is 14.5 Å². The van der Waals surface area contributed by atoms with Crippen LogP contribution in [0.3, 0.4) is 0 Å². The molecule has 1 aliphatic heterocycles. The van der Waals surface area contributed by atoms with Gasteiger partial charge in [0.25, 0.3) is 0 Å². The number of thioether (sulfide) groups is 1. The van der Waals surface area contributed by atoms with Crippen molar-refractivity contribution in [2.24, 2.45) is 0 Å². The third-order valence-corrected chi connectivity index (χ3v) is 6.55. The molecule has 0 spiro atoms. The molecule has 168 valence electrons. The largest absolute Gasteiger partial charge is 0.378 e. The smallest absolute Gasteiger partial charge is 0.233 e. The number of anilines is 1. The third-order valence-electron chi connectivity index (χ3n) is 5.59. The van der Waals surface area contributed by atoms with Crippen LogP contribution in [-0.2, 0) is 22.6 Å². The van der Waals surface area contributed by atoms with Crippen LogP contribution < -0.4 is 4.90 Å². The molecule has 1 amide bonds. The Labute approximate surface area is 193 Å². The second-order valence-electron chi connectivity index (χ2n) is 7.92. The minimum absolute atomic E-state index is 0.0698. The number of hydrogen-bond donors (Lipinski definition) is 0. The number of morpholine rings is 1. The molecular formula is C24H29N5O2S. The quantitative estimate of drug-likeness (QED) is 0.490. The average Bonchev–Trinajstić information content (AvgIpc) is 3.22. The van der Waals surface area contributed by atoms with Crippen LogP contribution in [0.4, 0.5) is 5.95 Å². The predicted molar refractivity (Wildman–Crippen MR) is 127 cm³/mol. The Morgan fingerprint density at radius 1 is 1.06 bits per heavy atom. The fourth-order valence-corrected chi connectivity index (χ4v) is 4.53. The Balaban J connectivity index is 1.46. The zero-order valence-electron chi connectivity index (χ0n) is 18.6. The Morgan fingerprint density at radius 3 is 2.53 bits per heavy atom. The molecule has 0 N–H and O–H groups in total. The second-order valence-corrected chi connectivity index (χ2v) is 8.86. The molecular weight excluding hydrogens is 422 g/mol. The average molecular weight is 452 g/mol. The summed E-state index contributed by atoms with van der Waals surface area (Å²) in [5.41, 5.74) is 3.53. The topological polar surface area (TPSA) is 63.5 Å². The molecule has 0 atom stereocenters. The maximum atomic E-state index is 12.8. The standard InChI is InChI=1S/C24H29N5O2S/c1-19-8-6-7-11-21(19)17-27(2)22(30)18-32-24-26-25-23(28-12-14-31-15-13-28)29(24)16-20-9-4-3-5-10-20/h3-11H,12-18H2,1-2H3. The van der Waals surface area contributed by atoms with Crippen LogP contribution >= 0.6 is 11.8 Å². The molecule has 0 bridgehead atoms. The molecule has 4 rings (SSSR count). The van der Waals surface area contributed by atoms with Crippen molar-refractivity contribution in [3.05, 3.63) is 71.3 Å². The van der Waals surface area contributed by atoms with Crippen molar-refractivity contribution >= 4 is 23.6 Å². The van der Waals surface area contributed by atoms with Gasteiger partial charge in [0, 0.05) is 26.7 Å². The summed E-state index contributed by atoms with van der Waals surface area (Å²) in [6, 6.07) is 18.4. The van der Waals surface area contributed by atoms with Gasteiger partial charge >= 0.3 is 0 Å². The zero-order valence-corrected chi connectivity index (χ0v) is 19.4. The molecule has 32 heavy (non-hydrogen) atoms. The van der Waals surface area contributed by atoms with Gasteiger partial charge in [-0.2, -0.15) is 0 Å². The number of ether oxygens (including phenoxy) is 1. The van der Waals surface area contributed by atoms with E-state index in [2.05, 4.69) is 50.9 Å². The van der Waals surface area contributed by atoms with Crippen molar-refractivity contribution in [1.29, 1.82) is 0 Å². The molecule has 0 aliphatic carbocycles. The van der Waals surface area contributed by atoms with Gasteiger partial charge in [-0.1, -0.05) is 66.4 Å². The molecule has 8 heteroatoms. The fourth-order valence-electron chi connectivity index (χ4n) is 3.66. The van der Waals surface area contributed by atoms with Crippen molar-refractivity contribution in [2.75, 3.05) is 44.0 Å². The summed E-state index contributed by atoms with van der Waals surface area (Å²) in [6.45, 7) is 6.27. The van der Waals surface area contributed by atoms with E-state index in [0.717, 1.165) is 29.8 Å². The number of carbonyl (C=O) groups is 1. The van der Waals surface area contributed by atoms with Crippen LogP contribution in [0.2, 0.25) is 0 Å². The molecule has 0 unspecified atom stereocenters. The number of aromatic nitrogens is 3. The monoisotopic (exact) mass is 451 g/mol. The fraction of sp³-hybridized carbons (Fsp3) is 0.375. The molecule has 0 radical (unpaired) electrons. The number of hydrogen-bond acceptors (Lipinski definition) is 6. The first-order valence-electron chi connectivity index (χ1n) is 10.8. The molecule has 1 fully saturated rings. The lowest BCUT2D eigenvalue weighted by Crippen LogP contribution is -2.38. The van der Waals surface area contributed by atoms with Crippen LogP contribution in [-0.4, -0.2) is 64.7 Å². The van der Waals surface area contributed by atoms with Gasteiger partial charge in [0.15, 0.2) is 5.16 Å². The molecule has 2 aromatic carbocycles. The second kappa shape index (κ2) is 10.7. The zero-order chi connectivity index (χ0) is 22.3. The molecule has 3 aromatic rings. The maximum Gasteiger partial charge on any atom is 0.233 e. The van der Waals surface area contributed by atoms with Gasteiger partial charge in [0.2, 0.25) is 11.9 Å². The Bertz CT molecular complexity index is 1030. The number of benzene rings is 2. The number of aryl methyl sites for hydroxylation is 1. The van der Waals surface area contributed by atoms with Gasteiger partial charge in [0.05, 0.1) is 25.5 Å². The summed E-state index contributed by atoms with van der Waals surface area (Å²) in [6.07, 6.45) is 0. The SMILES string of the molecule is Cc1ccccc1CN(C)C(=O)CSc1nnc(N2CCOCC2)n1Cc1ccccc1. The van der Waals surface area contributed by atoms with Gasteiger partial charge in [-0.25, -0.2) is 0 Å². The van der Waals surface area contributed by atoms with E-state index in [-0.39, 0.29) is 5.91 Å². The highest BCUT2D eigenvalue weighted by Gasteiger charge is 2.22. The van der Waals surface area contributed by atoms with E-state index in [4.69, 9.17) is 4.74 Å². The highest BCUT2D eigenvalue weighted by molar-refractivity contribution is 7.99. The molecule has 1 saturated heterocycles. The van der Waals surface area contributed by atoms with E-state index in [9.17, 15) is 4.79 Å². The van der Waals surface area contributed by atoms with Crippen molar-refractivity contribution in [1.82, 2.24) is 19.7 Å². The van der Waals surface area contributed by atoms with Crippen molar-refractivity contribution in [2.45, 2.75) is 25.2 Å². The summed E-state index contributed by atoms with van der Waals surface area (Å²) >= 11 is 1.44. The summed E-state index contributed by atoms with van der Waals surface area (Å²) in [5, 5.41) is 9.67. The first-order valence-corrected chi connectivity index (χ1v) is 11.8. The number of nitrogens with zero attached hydrogens (tertiary/aromatic N) is 5. The highest BCUT2D eigenvalue weighted by atomic mass is 32.2. The lowest BCUT2D eigenvalue weighted by molar-refractivity contribution is -0.127. The summed E-state index contributed by atoms with van der Waals surface area (Å²) in [4.78, 5) is 16.8. The molecule has 0 saturated carbocycles. The van der Waals surface area contributed by atoms with Crippen LogP contribution in [0.15, 0.2) is 59.8 Å². The first kappa shape index (κ1) is 22.4. The Hall–Kier alpha value is -2.84. The maximum absolute atomic E-state index is 12.8. The minimum atomic E-state index is 0.0698. The summed E-state index contributed by atoms with van der Waals surface area (Å²) in [5.74, 6) is 1.22. The van der Waals surface area contributed by atoms with Gasteiger partial charge in [0.1, 0.15) is 0 Å². The minimum Gasteiger partial charge on any atom is -0.378 e. The lowest BCUT2D eigenvalue weighted by atomic mass is 10.1. The van der Waals surface area contributed by atoms with E-state index in [1.165, 1.54) is 22.9 Å². The number of rotatable bonds is 8. The molecule has 1 aromatic heterocycles. The van der Waals surface area contributed by atoms with E-state index in [1.807, 2.05) is 37.4 Å². The van der Waals surface area contributed by atoms with Crippen LogP contribution in [0.1, 0.15) is 16.7 Å². The van der Waals surface area contributed by atoms with Crippen LogP contribution in [0, 0.1) is 6.92 Å². The normalized spacial score (nSPS) is 13.9. The van der Waals surface area contributed by atoms with Gasteiger partial charge in [-0.05, 0) is 23.6 Å². The van der Waals surface area contributed by atoms with E-state index < -0.39 is 0 Å². The Kier molecular flexibility index (Phi) is 7.44. The van der Waals surface area contributed by atoms with Crippen LogP contribution in [0.25, 0.3) is 0 Å². The van der Waals surface area contributed by atoms with E-state index in [0.29, 0.717) is 32.1 Å². The van der Waals surface area contributed by atoms with E-state index >= 15 is 0 Å². The third kappa shape index (κ3) is 5.49. The van der Waals surface area contributed by atoms with E-state index in [1.54, 1.807) is 4.90 Å². The predicted octanol–water partition coefficient (Wildman–Crippen LogP) is 3.22. The summed E-state index contributed by atoms with van der Waals surface area (Å²) in [7, 11) is 1.85. The first-order chi connectivity index (χ1) is 15.6. The van der Waals surface area contributed by atoms with Gasteiger partial charge in [-0.3, -0.25) is 9.36 Å². The lowest BCUT2D eigenvalue weighted by Gasteiger charge is -2.28. The molecule has 2 heterocycles. The molecule has 7 nitrogen and oxygen atoms in total. The van der Waals surface area contributed by atoms with Crippen LogP contribution in [0.5, 0.6) is 0 Å². The van der Waals surface area contributed by atoms with Crippen molar-refractivity contribution in [3.63, 3.8) is 0 Å². The Morgan fingerprint density at radius 2 is 1.78 bits per heavy atom. The molecule has 1 aliphatic rings. The highest BCUT2D eigenvalue weighted by Crippen LogP contribution is 2.24. The number of carbonyl (C=O) groups excluding carboxylic acids is 1. The number of amides is 1. The van der Waals surface area contributed by atoms with Crippen molar-refractivity contribution < 1.29 is 9.53 Å². The summed E-state index contributed by atoms with van der Waals surface area (Å²) < 4.78 is 7.61. The van der Waals surface area contributed by atoms with Gasteiger partial charge in [-0.15, -0.1) is 10.2 Å².